The van der Waals surface area contributed by atoms with Gasteiger partial charge in [-0.15, -0.1) is 0 Å². The Labute approximate surface area is 208 Å². The molecule has 2 saturated carbocycles. The fraction of sp³-hybridized carbons (Fsp3) is 0.655. The van der Waals surface area contributed by atoms with E-state index in [9.17, 15) is 9.59 Å². The third-order valence-corrected chi connectivity index (χ3v) is 9.52. The van der Waals surface area contributed by atoms with Gasteiger partial charge >= 0.3 is 0 Å². The van der Waals surface area contributed by atoms with Crippen LogP contribution in [0.3, 0.4) is 0 Å². The van der Waals surface area contributed by atoms with Crippen molar-refractivity contribution in [3.8, 4) is 0 Å². The van der Waals surface area contributed by atoms with Crippen molar-refractivity contribution >= 4 is 11.8 Å². The molecule has 3 unspecified atom stereocenters. The predicted octanol–water partition coefficient (Wildman–Crippen LogP) is 3.68. The Balaban J connectivity index is 1.06. The second-order valence-electron chi connectivity index (χ2n) is 12.0. The fourth-order valence-electron chi connectivity index (χ4n) is 7.02. The lowest BCUT2D eigenvalue weighted by molar-refractivity contribution is -0.132. The number of carbonyl (C=O) groups excluding carboxylic acids is 2. The zero-order valence-corrected chi connectivity index (χ0v) is 20.8. The molecule has 0 aromatic heterocycles. The lowest BCUT2D eigenvalue weighted by atomic mass is 9.81. The van der Waals surface area contributed by atoms with E-state index in [2.05, 4.69) is 46.3 Å². The highest BCUT2D eigenvalue weighted by Gasteiger charge is 2.60. The first-order valence-electron chi connectivity index (χ1n) is 13.8. The average molecular weight is 476 g/mol. The second kappa shape index (κ2) is 8.09. The molecule has 3 saturated heterocycles. The van der Waals surface area contributed by atoms with Crippen LogP contribution in [-0.4, -0.2) is 59.6 Å². The molecule has 186 valence electrons. The van der Waals surface area contributed by atoms with Crippen LogP contribution in [0.15, 0.2) is 46.8 Å². The van der Waals surface area contributed by atoms with Gasteiger partial charge in [-0.05, 0) is 81.4 Å². The molecule has 0 radical (unpaired) electrons. The van der Waals surface area contributed by atoms with E-state index < -0.39 is 0 Å². The Morgan fingerprint density at radius 3 is 2.83 bits per heavy atom. The molecular weight excluding hydrogens is 438 g/mol. The molecule has 7 rings (SSSR count). The van der Waals surface area contributed by atoms with Crippen LogP contribution in [0.25, 0.3) is 0 Å². The highest BCUT2D eigenvalue weighted by atomic mass is 16.5. The summed E-state index contributed by atoms with van der Waals surface area (Å²) in [6, 6.07) is 0. The molecule has 5 fully saturated rings. The van der Waals surface area contributed by atoms with Crippen LogP contribution in [0.1, 0.15) is 58.3 Å². The van der Waals surface area contributed by atoms with E-state index in [1.807, 2.05) is 0 Å². The number of nitrogens with zero attached hydrogens (tertiary/aromatic N) is 2. The van der Waals surface area contributed by atoms with E-state index in [1.54, 1.807) is 0 Å². The molecule has 3 aliphatic heterocycles. The summed E-state index contributed by atoms with van der Waals surface area (Å²) in [6.45, 7) is 5.54. The molecule has 1 N–H and O–H groups in total. The number of hydrogen-bond donors (Lipinski definition) is 1. The molecule has 6 nitrogen and oxygen atoms in total. The number of rotatable bonds is 5. The summed E-state index contributed by atoms with van der Waals surface area (Å²) >= 11 is 0. The lowest BCUT2D eigenvalue weighted by Gasteiger charge is -2.35. The maximum Gasteiger partial charge on any atom is 0.244 e. The number of nitrogens with one attached hydrogen (secondary N) is 1. The van der Waals surface area contributed by atoms with Crippen LogP contribution in [-0.2, 0) is 14.3 Å². The molecule has 1 spiro atoms. The Kier molecular flexibility index (Phi) is 5.06. The molecule has 6 heteroatoms. The summed E-state index contributed by atoms with van der Waals surface area (Å²) < 4.78 is 5.75. The Bertz CT molecular complexity index is 1080. The van der Waals surface area contributed by atoms with Gasteiger partial charge in [-0.1, -0.05) is 23.8 Å². The van der Waals surface area contributed by atoms with Crippen LogP contribution in [0.4, 0.5) is 0 Å². The summed E-state index contributed by atoms with van der Waals surface area (Å²) in [7, 11) is 0. The third-order valence-electron chi connectivity index (χ3n) is 9.52. The standard InChI is InChI=1S/C29H37N3O3/c1-18-14-21(22-5-7-25-23(15-22)9-13-35-25)4-6-24(18)26-30-29(10-11-29)28(34)32(26)17-19-8-12-31(16-19)27(33)20-2-3-20/h4-5,7,14,19-20,23-24,26,30H,2-3,6,8-13,15-17H2,1H3/t19-,23?,24?,26?/m1/s1. The van der Waals surface area contributed by atoms with Crippen molar-refractivity contribution < 1.29 is 14.3 Å². The van der Waals surface area contributed by atoms with Gasteiger partial charge in [0.25, 0.3) is 0 Å². The maximum atomic E-state index is 13.5. The Morgan fingerprint density at radius 2 is 2.06 bits per heavy atom. The highest BCUT2D eigenvalue weighted by Crippen LogP contribution is 2.46. The van der Waals surface area contributed by atoms with Gasteiger partial charge < -0.3 is 14.5 Å². The van der Waals surface area contributed by atoms with Crippen molar-refractivity contribution in [2.45, 2.75) is 70.0 Å². The molecule has 4 aliphatic carbocycles. The van der Waals surface area contributed by atoms with E-state index in [-0.39, 0.29) is 17.6 Å². The number of likely N-dealkylation sites (tertiary alicyclic amines) is 1. The van der Waals surface area contributed by atoms with Crippen molar-refractivity contribution in [3.05, 3.63) is 46.8 Å². The SMILES string of the molecule is CC1=CC(C2=CC=C3OCCC3C2)=CCC1C1NC2(CC2)C(=O)N1C[C@@H]1CCN(C(=O)C2CC2)C1. The smallest absolute Gasteiger partial charge is 0.244 e. The molecule has 35 heavy (non-hydrogen) atoms. The summed E-state index contributed by atoms with van der Waals surface area (Å²) in [5.41, 5.74) is 3.82. The van der Waals surface area contributed by atoms with E-state index >= 15 is 0 Å². The third kappa shape index (κ3) is 3.80. The molecule has 2 amide bonds. The molecule has 4 atom stereocenters. The minimum Gasteiger partial charge on any atom is -0.498 e. The zero-order chi connectivity index (χ0) is 23.7. The Hall–Kier alpha value is -2.34. The van der Waals surface area contributed by atoms with Gasteiger partial charge in [0.2, 0.25) is 11.8 Å². The molecule has 0 bridgehead atoms. The number of amides is 2. The van der Waals surface area contributed by atoms with Crippen molar-refractivity contribution in [3.63, 3.8) is 0 Å². The summed E-state index contributed by atoms with van der Waals surface area (Å²) in [4.78, 5) is 30.3. The van der Waals surface area contributed by atoms with Gasteiger partial charge in [-0.2, -0.15) is 0 Å². The van der Waals surface area contributed by atoms with Crippen LogP contribution >= 0.6 is 0 Å². The van der Waals surface area contributed by atoms with Crippen LogP contribution in [0.2, 0.25) is 0 Å². The monoisotopic (exact) mass is 475 g/mol. The highest BCUT2D eigenvalue weighted by molar-refractivity contribution is 5.92. The number of carbonyl (C=O) groups is 2. The average Bonchev–Trinajstić information content (AvgIpc) is 3.74. The second-order valence-corrected chi connectivity index (χ2v) is 12.0. The largest absolute Gasteiger partial charge is 0.498 e. The molecule has 0 aromatic rings. The van der Waals surface area contributed by atoms with Gasteiger partial charge in [-0.25, -0.2) is 0 Å². The fourth-order valence-corrected chi connectivity index (χ4v) is 7.02. The number of fused-ring (bicyclic) bond motifs is 1. The molecular formula is C29H37N3O3. The quantitative estimate of drug-likeness (QED) is 0.659. The first-order valence-corrected chi connectivity index (χ1v) is 13.8. The van der Waals surface area contributed by atoms with Crippen molar-refractivity contribution in [2.24, 2.45) is 23.7 Å². The number of allylic oxidation sites excluding steroid dienone is 7. The van der Waals surface area contributed by atoms with Crippen molar-refractivity contribution in [1.82, 2.24) is 15.1 Å². The predicted molar refractivity (Wildman–Crippen MR) is 133 cm³/mol. The summed E-state index contributed by atoms with van der Waals surface area (Å²) in [5, 5.41) is 3.79. The van der Waals surface area contributed by atoms with Gasteiger partial charge in [0.05, 0.1) is 24.1 Å². The minimum atomic E-state index is -0.313. The maximum absolute atomic E-state index is 13.5. The van der Waals surface area contributed by atoms with E-state index in [4.69, 9.17) is 4.74 Å². The molecule has 0 aromatic carbocycles. The first-order chi connectivity index (χ1) is 17.0. The van der Waals surface area contributed by atoms with Crippen LogP contribution < -0.4 is 5.32 Å². The van der Waals surface area contributed by atoms with Crippen LogP contribution in [0, 0.1) is 23.7 Å². The van der Waals surface area contributed by atoms with Crippen LogP contribution in [0.5, 0.6) is 0 Å². The molecule has 7 aliphatic rings. The zero-order valence-electron chi connectivity index (χ0n) is 20.8. The van der Waals surface area contributed by atoms with E-state index in [1.165, 1.54) is 16.7 Å². The number of ether oxygens (including phenoxy) is 1. The minimum absolute atomic E-state index is 0.0577. The number of hydrogen-bond acceptors (Lipinski definition) is 4. The van der Waals surface area contributed by atoms with Crippen molar-refractivity contribution in [2.75, 3.05) is 26.2 Å². The normalized spacial score (nSPS) is 35.4. The van der Waals surface area contributed by atoms with Gasteiger partial charge in [0.15, 0.2) is 0 Å². The summed E-state index contributed by atoms with van der Waals surface area (Å²) in [6.07, 6.45) is 17.4. The van der Waals surface area contributed by atoms with E-state index in [0.717, 1.165) is 83.4 Å². The van der Waals surface area contributed by atoms with Crippen molar-refractivity contribution in [1.29, 1.82) is 0 Å². The summed E-state index contributed by atoms with van der Waals surface area (Å²) in [5.74, 6) is 3.32. The van der Waals surface area contributed by atoms with Gasteiger partial charge in [-0.3, -0.25) is 14.9 Å². The van der Waals surface area contributed by atoms with Gasteiger partial charge in [0, 0.05) is 37.4 Å². The van der Waals surface area contributed by atoms with Gasteiger partial charge in [0.1, 0.15) is 0 Å². The molecule has 3 heterocycles. The topological polar surface area (TPSA) is 61.9 Å². The lowest BCUT2D eigenvalue weighted by Crippen LogP contribution is -2.46. The Morgan fingerprint density at radius 1 is 1.20 bits per heavy atom. The van der Waals surface area contributed by atoms with E-state index in [0.29, 0.717) is 29.6 Å². The first kappa shape index (κ1) is 21.9.